The molecule has 0 saturated carbocycles. The minimum atomic E-state index is -2.12. The second kappa shape index (κ2) is 14.1. The lowest BCUT2D eigenvalue weighted by Gasteiger charge is -2.41. The molecule has 3 aromatic rings. The summed E-state index contributed by atoms with van der Waals surface area (Å²) in [6.07, 6.45) is -18.6. The third-order valence-electron chi connectivity index (χ3n) is 8.59. The number of aliphatic hydroxyl groups excluding tert-OH is 6. The van der Waals surface area contributed by atoms with Gasteiger partial charge in [-0.15, -0.1) is 0 Å². The van der Waals surface area contributed by atoms with Gasteiger partial charge in [0.05, 0.1) is 36.2 Å². The molecule has 11 N–H and O–H groups in total. The van der Waals surface area contributed by atoms with Crippen molar-refractivity contribution in [3.8, 4) is 28.6 Å². The molecule has 0 amide bonds. The molecule has 2 aliphatic rings. The maximum atomic E-state index is 13.6. The second-order valence-corrected chi connectivity index (χ2v) is 12.5. The Morgan fingerprint density at radius 1 is 0.860 bits per heavy atom. The van der Waals surface area contributed by atoms with Crippen molar-refractivity contribution in [2.24, 2.45) is 0 Å². The van der Waals surface area contributed by atoms with Gasteiger partial charge in [-0.1, -0.05) is 0 Å². The van der Waals surface area contributed by atoms with E-state index in [1.807, 2.05) is 0 Å². The largest absolute Gasteiger partial charge is 0.508 e. The Balaban J connectivity index is 1.63. The molecule has 2 saturated heterocycles. The Labute approximate surface area is 281 Å². The Morgan fingerprint density at radius 3 is 2.14 bits per heavy atom. The maximum Gasteiger partial charge on any atom is 0.308 e. The van der Waals surface area contributed by atoms with Crippen molar-refractivity contribution in [3.05, 3.63) is 51.7 Å². The Bertz CT molecular complexity index is 1800. The molecule has 272 valence electrons. The summed E-state index contributed by atoms with van der Waals surface area (Å²) in [5.41, 5.74) is -4.66. The number of ether oxygens (including phenoxy) is 3. The molecule has 0 radical (unpaired) electrons. The first-order chi connectivity index (χ1) is 23.4. The normalized spacial score (nSPS) is 29.7. The number of esters is 1. The number of rotatable bonds is 9. The highest BCUT2D eigenvalue weighted by atomic mass is 16.6. The molecule has 3 heterocycles. The van der Waals surface area contributed by atoms with Crippen LogP contribution in [-0.4, -0.2) is 130 Å². The number of aromatic hydroxyl groups is 3. The van der Waals surface area contributed by atoms with E-state index in [0.29, 0.717) is 0 Å². The Kier molecular flexibility index (Phi) is 10.4. The van der Waals surface area contributed by atoms with Crippen LogP contribution in [-0.2, 0) is 23.8 Å². The first kappa shape index (κ1) is 36.9. The highest BCUT2D eigenvalue weighted by Crippen LogP contribution is 2.50. The monoisotopic (exact) mass is 708 g/mol. The van der Waals surface area contributed by atoms with Gasteiger partial charge in [0.25, 0.3) is 0 Å². The van der Waals surface area contributed by atoms with Gasteiger partial charge in [-0.3, -0.25) is 14.4 Å². The number of carboxylic acids is 1. The summed E-state index contributed by atoms with van der Waals surface area (Å²) in [5.74, 6) is -4.83. The standard InChI is InChI=1S/C32H36O18/c1-32(46,7-17(36)37)8-18(38)47-10-16-23(40)26(43)28(45)31(50-16)21-25(42)20(30-27(44)22(39)14(35)9-48-30)24(41)19-13(34)6-15(49-29(19)21)11-2-4-12(33)5-3-11/h2-6,14,16,22-23,26-28,30-31,33,35,39-46H,7-10H2,1H3,(H,36,37)/t14-,16+,22+,23-,26+,27-,28-,30-,31+,32+/m1/s1. The van der Waals surface area contributed by atoms with E-state index in [4.69, 9.17) is 23.7 Å². The van der Waals surface area contributed by atoms with Gasteiger partial charge in [-0.05, 0) is 31.2 Å². The minimum Gasteiger partial charge on any atom is -0.508 e. The van der Waals surface area contributed by atoms with Gasteiger partial charge in [0, 0.05) is 11.6 Å². The number of carbonyl (C=O) groups is 2. The minimum absolute atomic E-state index is 0.126. The van der Waals surface area contributed by atoms with Crippen molar-refractivity contribution < 1.29 is 84.4 Å². The van der Waals surface area contributed by atoms with Crippen molar-refractivity contribution in [2.75, 3.05) is 13.2 Å². The number of phenolic OH excluding ortho intramolecular Hbond substituents is 3. The molecule has 1 aromatic heterocycles. The highest BCUT2D eigenvalue weighted by Gasteiger charge is 2.49. The van der Waals surface area contributed by atoms with Crippen LogP contribution in [0.25, 0.3) is 22.3 Å². The Morgan fingerprint density at radius 2 is 1.50 bits per heavy atom. The summed E-state index contributed by atoms with van der Waals surface area (Å²) in [5, 5.41) is 115. The van der Waals surface area contributed by atoms with Gasteiger partial charge in [0.1, 0.15) is 89.9 Å². The summed E-state index contributed by atoms with van der Waals surface area (Å²) in [6, 6.07) is 6.25. The molecule has 18 heteroatoms. The molecule has 0 spiro atoms. The number of carbonyl (C=O) groups excluding carboxylic acids is 1. The van der Waals surface area contributed by atoms with Gasteiger partial charge in [0.15, 0.2) is 11.0 Å². The molecule has 0 bridgehead atoms. The van der Waals surface area contributed by atoms with Crippen molar-refractivity contribution >= 4 is 22.9 Å². The van der Waals surface area contributed by atoms with Crippen LogP contribution in [0.5, 0.6) is 17.2 Å². The predicted octanol–water partition coefficient (Wildman–Crippen LogP) is -1.59. The average Bonchev–Trinajstić information content (AvgIpc) is 3.03. The molecule has 10 atom stereocenters. The number of benzene rings is 2. The van der Waals surface area contributed by atoms with Crippen LogP contribution in [0.4, 0.5) is 0 Å². The van der Waals surface area contributed by atoms with Crippen LogP contribution < -0.4 is 5.43 Å². The molecule has 0 unspecified atom stereocenters. The predicted molar refractivity (Wildman–Crippen MR) is 164 cm³/mol. The third-order valence-corrected chi connectivity index (χ3v) is 8.59. The van der Waals surface area contributed by atoms with E-state index in [9.17, 15) is 65.4 Å². The number of hydrogen-bond donors (Lipinski definition) is 11. The third kappa shape index (κ3) is 7.11. The molecule has 2 aliphatic heterocycles. The number of carboxylic acid groups (broad SMARTS) is 1. The molecular weight excluding hydrogens is 672 g/mol. The van der Waals surface area contributed by atoms with E-state index < -0.39 is 138 Å². The second-order valence-electron chi connectivity index (χ2n) is 12.5. The van der Waals surface area contributed by atoms with Gasteiger partial charge < -0.3 is 74.8 Å². The smallest absolute Gasteiger partial charge is 0.308 e. The number of hydrogen-bond acceptors (Lipinski definition) is 17. The van der Waals surface area contributed by atoms with E-state index in [1.165, 1.54) is 24.3 Å². The summed E-state index contributed by atoms with van der Waals surface area (Å²) in [6.45, 7) is -0.359. The Hall–Kier alpha value is -4.37. The molecule has 0 aliphatic carbocycles. The van der Waals surface area contributed by atoms with Gasteiger partial charge in [-0.2, -0.15) is 0 Å². The van der Waals surface area contributed by atoms with E-state index in [0.717, 1.165) is 13.0 Å². The van der Waals surface area contributed by atoms with Crippen molar-refractivity contribution in [1.82, 2.24) is 0 Å². The lowest BCUT2D eigenvalue weighted by molar-refractivity contribution is -0.235. The molecule has 18 nitrogen and oxygen atoms in total. The number of aliphatic hydroxyl groups is 7. The van der Waals surface area contributed by atoms with E-state index in [1.54, 1.807) is 0 Å². The molecular formula is C32H36O18. The fraction of sp³-hybridized carbons (Fsp3) is 0.469. The first-order valence-corrected chi connectivity index (χ1v) is 15.2. The maximum absolute atomic E-state index is 13.6. The first-order valence-electron chi connectivity index (χ1n) is 15.2. The zero-order chi connectivity index (χ0) is 36.8. The summed E-state index contributed by atoms with van der Waals surface area (Å²) < 4.78 is 22.3. The fourth-order valence-corrected chi connectivity index (χ4v) is 6.02. The number of aliphatic carboxylic acids is 1. The van der Waals surface area contributed by atoms with Crippen LogP contribution in [0.2, 0.25) is 0 Å². The summed E-state index contributed by atoms with van der Waals surface area (Å²) in [4.78, 5) is 37.1. The van der Waals surface area contributed by atoms with Gasteiger partial charge in [-0.25, -0.2) is 0 Å². The molecule has 50 heavy (non-hydrogen) atoms. The average molecular weight is 709 g/mol. The van der Waals surface area contributed by atoms with E-state index in [2.05, 4.69) is 0 Å². The van der Waals surface area contributed by atoms with Gasteiger partial charge >= 0.3 is 11.9 Å². The highest BCUT2D eigenvalue weighted by molar-refractivity contribution is 5.92. The zero-order valence-corrected chi connectivity index (χ0v) is 26.2. The molecule has 2 fully saturated rings. The SMILES string of the molecule is C[C@](O)(CC(=O)O)CC(=O)OC[C@@H]1O[C@@H](c2c(O)c([C@H]3OC[C@@H](O)[C@H](O)[C@H]3O)c(O)c3c(=O)cc(-c4ccc(O)cc4)oc23)[C@H](O)[C@@H](O)[C@@H]1O. The van der Waals surface area contributed by atoms with Gasteiger partial charge in [0.2, 0.25) is 0 Å². The molecule has 2 aromatic carbocycles. The topological polar surface area (TPSA) is 315 Å². The van der Waals surface area contributed by atoms with E-state index in [-0.39, 0.29) is 17.1 Å². The van der Waals surface area contributed by atoms with Crippen LogP contribution >= 0.6 is 0 Å². The summed E-state index contributed by atoms with van der Waals surface area (Å²) in [7, 11) is 0. The number of phenols is 3. The zero-order valence-electron chi connectivity index (χ0n) is 26.2. The van der Waals surface area contributed by atoms with Crippen molar-refractivity contribution in [1.29, 1.82) is 0 Å². The fourth-order valence-electron chi connectivity index (χ4n) is 6.02. The van der Waals surface area contributed by atoms with E-state index >= 15 is 0 Å². The quantitative estimate of drug-likeness (QED) is 0.112. The lowest BCUT2D eigenvalue weighted by Crippen LogP contribution is -2.55. The lowest BCUT2D eigenvalue weighted by atomic mass is 9.85. The summed E-state index contributed by atoms with van der Waals surface area (Å²) >= 11 is 0. The molecule has 5 rings (SSSR count). The van der Waals surface area contributed by atoms with Crippen LogP contribution in [0.3, 0.4) is 0 Å². The van der Waals surface area contributed by atoms with Crippen molar-refractivity contribution in [3.63, 3.8) is 0 Å². The van der Waals surface area contributed by atoms with Crippen LogP contribution in [0.15, 0.2) is 39.5 Å². The van der Waals surface area contributed by atoms with Crippen LogP contribution in [0.1, 0.15) is 43.1 Å². The van der Waals surface area contributed by atoms with Crippen LogP contribution in [0, 0.1) is 0 Å². The number of fused-ring (bicyclic) bond motifs is 1. The van der Waals surface area contributed by atoms with Crippen molar-refractivity contribution in [2.45, 2.75) is 80.3 Å².